The molecule has 1 fully saturated rings. The fourth-order valence-electron chi connectivity index (χ4n) is 2.48. The second kappa shape index (κ2) is 4.43. The van der Waals surface area contributed by atoms with Crippen molar-refractivity contribution in [3.63, 3.8) is 0 Å². The quantitative estimate of drug-likeness (QED) is 0.852. The molecule has 0 saturated carbocycles. The Kier molecular flexibility index (Phi) is 2.78. The van der Waals surface area contributed by atoms with Gasteiger partial charge in [-0.1, -0.05) is 17.3 Å². The van der Waals surface area contributed by atoms with Crippen molar-refractivity contribution in [1.29, 1.82) is 0 Å². The Bertz CT molecular complexity index is 510. The van der Waals surface area contributed by atoms with Crippen LogP contribution < -0.4 is 0 Å². The van der Waals surface area contributed by atoms with Crippen molar-refractivity contribution < 1.29 is 5.11 Å². The molecule has 1 atom stereocenters. The lowest BCUT2D eigenvalue weighted by molar-refractivity contribution is 0.127. The number of likely N-dealkylation sites (tertiary alicyclic amines) is 1. The molecule has 0 amide bonds. The third kappa shape index (κ3) is 1.92. The zero-order chi connectivity index (χ0) is 11.7. The fraction of sp³-hybridized carbons (Fsp3) is 0.500. The summed E-state index contributed by atoms with van der Waals surface area (Å²) in [5.74, 6) is 0. The lowest BCUT2D eigenvalue weighted by Crippen LogP contribution is -2.34. The minimum Gasteiger partial charge on any atom is -0.395 e. The van der Waals surface area contributed by atoms with Gasteiger partial charge in [-0.25, -0.2) is 4.68 Å². The molecule has 0 unspecified atom stereocenters. The molecular weight excluding hydrogens is 216 g/mol. The van der Waals surface area contributed by atoms with E-state index in [0.29, 0.717) is 6.67 Å². The molecule has 0 spiro atoms. The van der Waals surface area contributed by atoms with Crippen LogP contribution in [0.4, 0.5) is 0 Å². The highest BCUT2D eigenvalue weighted by atomic mass is 16.3. The predicted molar refractivity (Wildman–Crippen MR) is 64.3 cm³/mol. The first-order valence-electron chi connectivity index (χ1n) is 6.01. The molecule has 3 rings (SSSR count). The van der Waals surface area contributed by atoms with Crippen LogP contribution in [-0.4, -0.2) is 44.2 Å². The maximum Gasteiger partial charge on any atom is 0.113 e. The smallest absolute Gasteiger partial charge is 0.113 e. The average molecular weight is 232 g/mol. The number of hydrogen-bond donors (Lipinski definition) is 1. The Balaban J connectivity index is 1.85. The summed E-state index contributed by atoms with van der Waals surface area (Å²) >= 11 is 0. The molecule has 1 aliphatic heterocycles. The predicted octanol–water partition coefficient (Wildman–Crippen LogP) is 0.845. The van der Waals surface area contributed by atoms with Crippen LogP contribution in [-0.2, 0) is 6.67 Å². The first-order chi connectivity index (χ1) is 8.38. The number of para-hydroxylation sites is 1. The fourth-order valence-corrected chi connectivity index (χ4v) is 2.48. The lowest BCUT2D eigenvalue weighted by Gasteiger charge is -2.22. The molecule has 0 bridgehead atoms. The summed E-state index contributed by atoms with van der Waals surface area (Å²) in [6.45, 7) is 1.97. The number of nitrogens with zero attached hydrogens (tertiary/aromatic N) is 4. The minimum atomic E-state index is 0.229. The number of rotatable bonds is 3. The standard InChI is InChI=1S/C12H16N4O/c17-8-10-4-3-7-15(10)9-16-12-6-2-1-5-11(12)13-14-16/h1-2,5-6,10,17H,3-4,7-9H2/t10-/m0/s1. The monoisotopic (exact) mass is 232 g/mol. The van der Waals surface area contributed by atoms with Crippen LogP contribution in [0.3, 0.4) is 0 Å². The normalized spacial score (nSPS) is 21.4. The Labute approximate surface area is 99.6 Å². The van der Waals surface area contributed by atoms with Gasteiger partial charge in [0.2, 0.25) is 0 Å². The molecule has 90 valence electrons. The highest BCUT2D eigenvalue weighted by Crippen LogP contribution is 2.18. The molecule has 0 radical (unpaired) electrons. The van der Waals surface area contributed by atoms with E-state index in [9.17, 15) is 5.11 Å². The van der Waals surface area contributed by atoms with Crippen molar-refractivity contribution in [1.82, 2.24) is 19.9 Å². The maximum atomic E-state index is 9.29. The summed E-state index contributed by atoms with van der Waals surface area (Å²) in [5.41, 5.74) is 1.98. The second-order valence-corrected chi connectivity index (χ2v) is 4.51. The van der Waals surface area contributed by atoms with Gasteiger partial charge in [-0.2, -0.15) is 0 Å². The number of aliphatic hydroxyl groups excluding tert-OH is 1. The summed E-state index contributed by atoms with van der Waals surface area (Å²) in [4.78, 5) is 2.26. The molecule has 1 saturated heterocycles. The lowest BCUT2D eigenvalue weighted by atomic mass is 10.2. The minimum absolute atomic E-state index is 0.229. The van der Waals surface area contributed by atoms with Gasteiger partial charge in [-0.3, -0.25) is 4.90 Å². The van der Waals surface area contributed by atoms with Crippen molar-refractivity contribution in [3.05, 3.63) is 24.3 Å². The SMILES string of the molecule is OC[C@@H]1CCCN1Cn1nnc2ccccc21. The van der Waals surface area contributed by atoms with Crippen molar-refractivity contribution in [2.75, 3.05) is 13.2 Å². The molecule has 1 N–H and O–H groups in total. The molecule has 5 heteroatoms. The highest BCUT2D eigenvalue weighted by molar-refractivity contribution is 5.73. The van der Waals surface area contributed by atoms with Gasteiger partial charge in [0.15, 0.2) is 0 Å². The van der Waals surface area contributed by atoms with Crippen LogP contribution in [0.5, 0.6) is 0 Å². The molecule has 1 aromatic carbocycles. The van der Waals surface area contributed by atoms with Crippen LogP contribution in [0.15, 0.2) is 24.3 Å². The molecule has 0 aliphatic carbocycles. The maximum absolute atomic E-state index is 9.29. The molecule has 1 aliphatic rings. The van der Waals surface area contributed by atoms with Gasteiger partial charge < -0.3 is 5.11 Å². The van der Waals surface area contributed by atoms with Gasteiger partial charge in [0, 0.05) is 12.6 Å². The number of fused-ring (bicyclic) bond motifs is 1. The zero-order valence-corrected chi connectivity index (χ0v) is 9.66. The first kappa shape index (κ1) is 10.7. The van der Waals surface area contributed by atoms with Gasteiger partial charge in [0.1, 0.15) is 5.52 Å². The van der Waals surface area contributed by atoms with E-state index in [1.165, 1.54) is 0 Å². The Hall–Kier alpha value is -1.46. The van der Waals surface area contributed by atoms with E-state index in [1.807, 2.05) is 28.9 Å². The van der Waals surface area contributed by atoms with Crippen molar-refractivity contribution in [3.8, 4) is 0 Å². The number of aliphatic hydroxyl groups is 1. The summed E-state index contributed by atoms with van der Waals surface area (Å²) in [7, 11) is 0. The van der Waals surface area contributed by atoms with Crippen LogP contribution in [0, 0.1) is 0 Å². The van der Waals surface area contributed by atoms with Gasteiger partial charge in [0.25, 0.3) is 0 Å². The Morgan fingerprint density at radius 3 is 3.12 bits per heavy atom. The first-order valence-corrected chi connectivity index (χ1v) is 6.01. The third-order valence-corrected chi connectivity index (χ3v) is 3.45. The van der Waals surface area contributed by atoms with Crippen molar-refractivity contribution in [2.45, 2.75) is 25.6 Å². The molecule has 1 aromatic heterocycles. The molecular formula is C12H16N4O. The molecule has 5 nitrogen and oxygen atoms in total. The largest absolute Gasteiger partial charge is 0.395 e. The number of hydrogen-bond acceptors (Lipinski definition) is 4. The summed E-state index contributed by atoms with van der Waals surface area (Å²) in [6, 6.07) is 8.23. The van der Waals surface area contributed by atoms with Gasteiger partial charge >= 0.3 is 0 Å². The number of aromatic nitrogens is 3. The summed E-state index contributed by atoms with van der Waals surface area (Å²) in [5, 5.41) is 17.6. The van der Waals surface area contributed by atoms with E-state index < -0.39 is 0 Å². The van der Waals surface area contributed by atoms with Crippen LogP contribution >= 0.6 is 0 Å². The third-order valence-electron chi connectivity index (χ3n) is 3.45. The van der Waals surface area contributed by atoms with E-state index in [0.717, 1.165) is 30.4 Å². The average Bonchev–Trinajstić information content (AvgIpc) is 2.97. The van der Waals surface area contributed by atoms with E-state index in [1.54, 1.807) is 0 Å². The zero-order valence-electron chi connectivity index (χ0n) is 9.66. The molecule has 2 aromatic rings. The van der Waals surface area contributed by atoms with E-state index in [2.05, 4.69) is 15.2 Å². The van der Waals surface area contributed by atoms with E-state index in [-0.39, 0.29) is 12.6 Å². The van der Waals surface area contributed by atoms with Gasteiger partial charge in [0.05, 0.1) is 18.8 Å². The van der Waals surface area contributed by atoms with Gasteiger partial charge in [-0.05, 0) is 25.0 Å². The highest BCUT2D eigenvalue weighted by Gasteiger charge is 2.24. The summed E-state index contributed by atoms with van der Waals surface area (Å²) in [6.07, 6.45) is 2.22. The van der Waals surface area contributed by atoms with Crippen molar-refractivity contribution in [2.24, 2.45) is 0 Å². The Morgan fingerprint density at radius 2 is 2.24 bits per heavy atom. The molecule has 17 heavy (non-hydrogen) atoms. The van der Waals surface area contributed by atoms with Crippen LogP contribution in [0.1, 0.15) is 12.8 Å². The van der Waals surface area contributed by atoms with E-state index in [4.69, 9.17) is 0 Å². The van der Waals surface area contributed by atoms with Crippen molar-refractivity contribution >= 4 is 11.0 Å². The van der Waals surface area contributed by atoms with Crippen LogP contribution in [0.25, 0.3) is 11.0 Å². The van der Waals surface area contributed by atoms with Gasteiger partial charge in [-0.15, -0.1) is 5.10 Å². The Morgan fingerprint density at radius 1 is 1.35 bits per heavy atom. The van der Waals surface area contributed by atoms with Crippen LogP contribution in [0.2, 0.25) is 0 Å². The van der Waals surface area contributed by atoms with E-state index >= 15 is 0 Å². The molecule has 2 heterocycles. The topological polar surface area (TPSA) is 54.2 Å². The number of benzene rings is 1. The second-order valence-electron chi connectivity index (χ2n) is 4.51. The summed E-state index contributed by atoms with van der Waals surface area (Å²) < 4.78 is 1.91.